The number of carbonyl (C=O) groups is 1. The molecular weight excluding hydrogens is 603 g/mol. The Hall–Kier alpha value is -3.10. The average molecular weight is 642 g/mol. The summed E-state index contributed by atoms with van der Waals surface area (Å²) in [6.07, 6.45) is 2.83. The number of amides is 1. The summed E-state index contributed by atoms with van der Waals surface area (Å²) < 4.78 is 79.2. The largest absolute Gasteiger partial charge is 0.534 e. The summed E-state index contributed by atoms with van der Waals surface area (Å²) >= 11 is 0. The molecule has 0 aliphatic carbocycles. The zero-order chi connectivity index (χ0) is 31.8. The summed E-state index contributed by atoms with van der Waals surface area (Å²) in [5.74, 6) is 0.233. The second-order valence-electron chi connectivity index (χ2n) is 12.8. The van der Waals surface area contributed by atoms with Crippen molar-refractivity contribution in [2.45, 2.75) is 83.2 Å². The number of halogens is 3. The smallest absolute Gasteiger partial charge is 0.444 e. The molecule has 1 atom stereocenters. The maximum Gasteiger partial charge on any atom is 0.534 e. The molecule has 1 aliphatic heterocycles. The normalized spacial score (nSPS) is 16.6. The number of nitrogens with zero attached hydrogens (tertiary/aromatic N) is 3. The number of aromatic nitrogens is 2. The number of imidazole rings is 1. The van der Waals surface area contributed by atoms with E-state index in [0.717, 1.165) is 23.7 Å². The quantitative estimate of drug-likeness (QED) is 0.105. The Morgan fingerprint density at radius 2 is 1.74 bits per heavy atom. The topological polar surface area (TPSA) is 100.0 Å². The van der Waals surface area contributed by atoms with Crippen molar-refractivity contribution in [3.8, 4) is 17.0 Å². The van der Waals surface area contributed by atoms with Gasteiger partial charge in [-0.3, -0.25) is 4.90 Å². The lowest BCUT2D eigenvalue weighted by atomic mass is 10.0. The van der Waals surface area contributed by atoms with E-state index < -0.39 is 41.1 Å². The predicted octanol–water partition coefficient (Wildman–Crippen LogP) is 7.32. The molecule has 43 heavy (non-hydrogen) atoms. The lowest BCUT2D eigenvalue weighted by Crippen LogP contribution is -2.37. The first-order valence-corrected chi connectivity index (χ1v) is 19.1. The lowest BCUT2D eigenvalue weighted by molar-refractivity contribution is -0.0500. The lowest BCUT2D eigenvalue weighted by Gasteiger charge is -2.29. The minimum atomic E-state index is -5.78. The monoisotopic (exact) mass is 641 g/mol. The van der Waals surface area contributed by atoms with Crippen LogP contribution in [0, 0.1) is 0 Å². The van der Waals surface area contributed by atoms with E-state index in [2.05, 4.69) is 23.8 Å². The van der Waals surface area contributed by atoms with Gasteiger partial charge in [-0.05, 0) is 68.6 Å². The molecule has 1 unspecified atom stereocenters. The minimum Gasteiger partial charge on any atom is -0.444 e. The van der Waals surface area contributed by atoms with Gasteiger partial charge < -0.3 is 18.2 Å². The van der Waals surface area contributed by atoms with Gasteiger partial charge in [-0.15, -0.1) is 0 Å². The molecule has 1 aliphatic rings. The molecular formula is C29H38F3N3O6SSi. The van der Waals surface area contributed by atoms with Gasteiger partial charge in [-0.2, -0.15) is 21.6 Å². The van der Waals surface area contributed by atoms with Crippen LogP contribution in [0.5, 0.6) is 5.75 Å². The molecule has 9 nitrogen and oxygen atoms in total. The highest BCUT2D eigenvalue weighted by atomic mass is 32.2. The van der Waals surface area contributed by atoms with Gasteiger partial charge in [0.15, 0.2) is 0 Å². The Kier molecular flexibility index (Phi) is 9.24. The summed E-state index contributed by atoms with van der Waals surface area (Å²) in [6, 6.07) is 9.85. The first-order valence-electron chi connectivity index (χ1n) is 14.0. The molecule has 14 heteroatoms. The molecule has 2 aromatic carbocycles. The second kappa shape index (κ2) is 12.1. The molecule has 0 N–H and O–H groups in total. The third-order valence-electron chi connectivity index (χ3n) is 6.88. The number of carbonyl (C=O) groups excluding carboxylic acids is 1. The summed E-state index contributed by atoms with van der Waals surface area (Å²) in [6.45, 7) is 13.6. The van der Waals surface area contributed by atoms with Gasteiger partial charge in [-0.1, -0.05) is 37.8 Å². The van der Waals surface area contributed by atoms with Crippen molar-refractivity contribution < 1.29 is 40.0 Å². The maximum atomic E-state index is 13.0. The van der Waals surface area contributed by atoms with Crippen LogP contribution in [0.4, 0.5) is 18.0 Å². The number of hydrogen-bond donors (Lipinski definition) is 0. The minimum absolute atomic E-state index is 0.216. The van der Waals surface area contributed by atoms with Crippen LogP contribution in [0.25, 0.3) is 22.0 Å². The highest BCUT2D eigenvalue weighted by Crippen LogP contribution is 2.36. The van der Waals surface area contributed by atoms with E-state index >= 15 is 0 Å². The number of hydrogen-bond acceptors (Lipinski definition) is 7. The first kappa shape index (κ1) is 32.8. The zero-order valence-corrected chi connectivity index (χ0v) is 27.0. The third kappa shape index (κ3) is 8.09. The van der Waals surface area contributed by atoms with Crippen molar-refractivity contribution in [3.05, 3.63) is 48.4 Å². The van der Waals surface area contributed by atoms with Crippen LogP contribution in [0.2, 0.25) is 25.7 Å². The van der Waals surface area contributed by atoms with Gasteiger partial charge >= 0.3 is 21.7 Å². The summed E-state index contributed by atoms with van der Waals surface area (Å²) in [5.41, 5.74) is -4.67. The fourth-order valence-electron chi connectivity index (χ4n) is 4.74. The van der Waals surface area contributed by atoms with Crippen LogP contribution in [-0.4, -0.2) is 61.3 Å². The molecule has 1 saturated heterocycles. The Labute approximate surface area is 251 Å². The van der Waals surface area contributed by atoms with Crippen LogP contribution in [0.3, 0.4) is 0 Å². The second-order valence-corrected chi connectivity index (χ2v) is 20.0. The van der Waals surface area contributed by atoms with E-state index in [9.17, 15) is 26.4 Å². The molecule has 1 fully saturated rings. The number of ether oxygens (including phenoxy) is 2. The van der Waals surface area contributed by atoms with E-state index in [1.165, 1.54) is 18.2 Å². The SMILES string of the molecule is CC(C)(C)OC(=O)N1CCCC1c1ncc(-c2ccc3cc(OS(=O)(=O)C(F)(F)F)ccc3c2)n1COCC[Si](C)(C)C. The van der Waals surface area contributed by atoms with Gasteiger partial charge in [0, 0.05) is 26.8 Å². The van der Waals surface area contributed by atoms with Crippen LogP contribution in [-0.2, 0) is 26.3 Å². The van der Waals surface area contributed by atoms with Crippen LogP contribution >= 0.6 is 0 Å². The number of fused-ring (bicyclic) bond motifs is 1. The average Bonchev–Trinajstić information content (AvgIpc) is 3.51. The predicted molar refractivity (Wildman–Crippen MR) is 160 cm³/mol. The van der Waals surface area contributed by atoms with Crippen LogP contribution in [0.1, 0.15) is 45.5 Å². The fourth-order valence-corrected chi connectivity index (χ4v) is 5.95. The van der Waals surface area contributed by atoms with Gasteiger partial charge in [-0.25, -0.2) is 9.78 Å². The van der Waals surface area contributed by atoms with E-state index in [-0.39, 0.29) is 12.8 Å². The Balaban J connectivity index is 1.67. The molecule has 1 aromatic heterocycles. The van der Waals surface area contributed by atoms with Gasteiger partial charge in [0.2, 0.25) is 0 Å². The number of likely N-dealkylation sites (tertiary alicyclic amines) is 1. The number of alkyl halides is 3. The summed E-state index contributed by atoms with van der Waals surface area (Å²) in [4.78, 5) is 19.5. The summed E-state index contributed by atoms with van der Waals surface area (Å²) in [5, 5.41) is 1.14. The fraction of sp³-hybridized carbons (Fsp3) is 0.517. The number of benzene rings is 2. The van der Waals surface area contributed by atoms with E-state index in [0.29, 0.717) is 36.2 Å². The Morgan fingerprint density at radius 3 is 2.40 bits per heavy atom. The van der Waals surface area contributed by atoms with Gasteiger partial charge in [0.05, 0.1) is 17.9 Å². The molecule has 0 saturated carbocycles. The van der Waals surface area contributed by atoms with Crippen molar-refractivity contribution in [1.82, 2.24) is 14.5 Å². The molecule has 1 amide bonds. The maximum absolute atomic E-state index is 13.0. The van der Waals surface area contributed by atoms with E-state index in [1.807, 2.05) is 31.4 Å². The van der Waals surface area contributed by atoms with E-state index in [4.69, 9.17) is 14.5 Å². The molecule has 236 valence electrons. The van der Waals surface area contributed by atoms with Crippen molar-refractivity contribution in [2.75, 3.05) is 13.2 Å². The molecule has 0 spiro atoms. The van der Waals surface area contributed by atoms with Gasteiger partial charge in [0.1, 0.15) is 23.9 Å². The first-order chi connectivity index (χ1) is 19.8. The molecule has 4 rings (SSSR count). The van der Waals surface area contributed by atoms with Gasteiger partial charge in [0.25, 0.3) is 0 Å². The Morgan fingerprint density at radius 1 is 1.07 bits per heavy atom. The molecule has 0 radical (unpaired) electrons. The highest BCUT2D eigenvalue weighted by Gasteiger charge is 2.48. The van der Waals surface area contributed by atoms with E-state index in [1.54, 1.807) is 23.2 Å². The van der Waals surface area contributed by atoms with Crippen LogP contribution < -0.4 is 4.18 Å². The van der Waals surface area contributed by atoms with Crippen LogP contribution in [0.15, 0.2) is 42.6 Å². The van der Waals surface area contributed by atoms with Crippen molar-refractivity contribution in [2.24, 2.45) is 0 Å². The standard InChI is InChI=1S/C29H38F3N3O6SSi/c1-28(2,3)40-27(36)34-13-7-8-24(34)26-33-18-25(35(26)19-39-14-15-43(4,5)6)22-10-9-21-17-23(12-11-20(21)16-22)41-42(37,38)29(30,31)32/h9-12,16-18,24H,7-8,13-15,19H2,1-6H3. The van der Waals surface area contributed by atoms with Crippen molar-refractivity contribution in [1.29, 1.82) is 0 Å². The highest BCUT2D eigenvalue weighted by molar-refractivity contribution is 7.88. The zero-order valence-electron chi connectivity index (χ0n) is 25.2. The Bertz CT molecular complexity index is 1580. The molecule has 0 bridgehead atoms. The summed E-state index contributed by atoms with van der Waals surface area (Å²) in [7, 11) is -7.12. The third-order valence-corrected chi connectivity index (χ3v) is 9.56. The number of rotatable bonds is 9. The van der Waals surface area contributed by atoms with Crippen molar-refractivity contribution >= 4 is 35.1 Å². The van der Waals surface area contributed by atoms with Crippen molar-refractivity contribution in [3.63, 3.8) is 0 Å². The molecule has 2 heterocycles. The molecule has 3 aromatic rings.